The summed E-state index contributed by atoms with van der Waals surface area (Å²) in [6, 6.07) is 11.8. The van der Waals surface area contributed by atoms with E-state index in [1.807, 2.05) is 43.3 Å². The fraction of sp³-hybridized carbons (Fsp3) is 0.316. The third-order valence-electron chi connectivity index (χ3n) is 4.62. The van der Waals surface area contributed by atoms with Crippen molar-refractivity contribution in [2.24, 2.45) is 5.92 Å². The molecule has 1 unspecified atom stereocenters. The molecule has 0 radical (unpaired) electrons. The molecule has 3 aromatic rings. The first-order chi connectivity index (χ1) is 11.6. The Bertz CT molecular complexity index is 898. The van der Waals surface area contributed by atoms with Gasteiger partial charge in [0.2, 0.25) is 0 Å². The van der Waals surface area contributed by atoms with Crippen molar-refractivity contribution >= 4 is 17.0 Å². The van der Waals surface area contributed by atoms with E-state index >= 15 is 0 Å². The standard InChI is InChI=1S/C19H19N3O2/c1-11(13-8-9-13)20-18(23)15-10-16(14-6-4-3-5-7-14)21-19-17(15)12(2)22-24-19/h3-7,10-11,13H,8-9H2,1-2H3,(H,20,23). The zero-order valence-electron chi connectivity index (χ0n) is 13.7. The molecule has 0 aliphatic heterocycles. The molecule has 0 spiro atoms. The van der Waals surface area contributed by atoms with Crippen LogP contribution in [0, 0.1) is 12.8 Å². The highest BCUT2D eigenvalue weighted by Gasteiger charge is 2.30. The van der Waals surface area contributed by atoms with E-state index in [4.69, 9.17) is 4.52 Å². The summed E-state index contributed by atoms with van der Waals surface area (Å²) in [4.78, 5) is 17.4. The van der Waals surface area contributed by atoms with Gasteiger partial charge in [-0.15, -0.1) is 0 Å². The lowest BCUT2D eigenvalue weighted by molar-refractivity contribution is 0.0937. The average Bonchev–Trinajstić information content (AvgIpc) is 3.39. The highest BCUT2D eigenvalue weighted by molar-refractivity contribution is 6.07. The van der Waals surface area contributed by atoms with Crippen molar-refractivity contribution in [1.82, 2.24) is 15.5 Å². The van der Waals surface area contributed by atoms with Gasteiger partial charge in [0.1, 0.15) is 0 Å². The van der Waals surface area contributed by atoms with Gasteiger partial charge in [-0.2, -0.15) is 0 Å². The number of amides is 1. The highest BCUT2D eigenvalue weighted by Crippen LogP contribution is 2.33. The Kier molecular flexibility index (Phi) is 3.56. The first-order valence-corrected chi connectivity index (χ1v) is 8.27. The van der Waals surface area contributed by atoms with Crippen LogP contribution < -0.4 is 5.32 Å². The van der Waals surface area contributed by atoms with Crippen molar-refractivity contribution in [1.29, 1.82) is 0 Å². The zero-order chi connectivity index (χ0) is 16.7. The predicted molar refractivity (Wildman–Crippen MR) is 91.6 cm³/mol. The number of hydrogen-bond acceptors (Lipinski definition) is 4. The van der Waals surface area contributed by atoms with E-state index in [0.717, 1.165) is 5.56 Å². The summed E-state index contributed by atoms with van der Waals surface area (Å²) in [7, 11) is 0. The van der Waals surface area contributed by atoms with Crippen molar-refractivity contribution in [2.75, 3.05) is 0 Å². The molecule has 24 heavy (non-hydrogen) atoms. The Morgan fingerprint density at radius 2 is 2.04 bits per heavy atom. The quantitative estimate of drug-likeness (QED) is 0.795. The monoisotopic (exact) mass is 321 g/mol. The molecule has 2 heterocycles. The zero-order valence-corrected chi connectivity index (χ0v) is 13.7. The minimum atomic E-state index is -0.0923. The number of hydrogen-bond donors (Lipinski definition) is 1. The molecular weight excluding hydrogens is 302 g/mol. The van der Waals surface area contributed by atoms with Gasteiger partial charge >= 0.3 is 0 Å². The molecule has 1 atom stereocenters. The van der Waals surface area contributed by atoms with E-state index < -0.39 is 0 Å². The molecule has 122 valence electrons. The Morgan fingerprint density at radius 1 is 1.29 bits per heavy atom. The van der Waals surface area contributed by atoms with Crippen molar-refractivity contribution in [2.45, 2.75) is 32.7 Å². The van der Waals surface area contributed by atoms with E-state index in [9.17, 15) is 4.79 Å². The minimum Gasteiger partial charge on any atom is -0.349 e. The van der Waals surface area contributed by atoms with Gasteiger partial charge in [0.25, 0.3) is 11.6 Å². The van der Waals surface area contributed by atoms with E-state index in [1.54, 1.807) is 0 Å². The summed E-state index contributed by atoms with van der Waals surface area (Å²) in [6.45, 7) is 3.89. The molecule has 0 bridgehead atoms. The molecule has 4 rings (SSSR count). The molecule has 1 fully saturated rings. The van der Waals surface area contributed by atoms with E-state index in [-0.39, 0.29) is 11.9 Å². The molecule has 1 N–H and O–H groups in total. The van der Waals surface area contributed by atoms with Crippen molar-refractivity contribution < 1.29 is 9.32 Å². The first-order valence-electron chi connectivity index (χ1n) is 8.27. The first kappa shape index (κ1) is 14.9. The van der Waals surface area contributed by atoms with Crippen LogP contribution >= 0.6 is 0 Å². The summed E-state index contributed by atoms with van der Waals surface area (Å²) in [6.07, 6.45) is 2.38. The van der Waals surface area contributed by atoms with Gasteiger partial charge in [0, 0.05) is 11.6 Å². The SMILES string of the molecule is Cc1noc2nc(-c3ccccc3)cc(C(=O)NC(C)C3CC3)c12. The number of aryl methyl sites for hydroxylation is 1. The van der Waals surface area contributed by atoms with Crippen LogP contribution in [0.25, 0.3) is 22.4 Å². The number of nitrogens with zero attached hydrogens (tertiary/aromatic N) is 2. The van der Waals surface area contributed by atoms with Gasteiger partial charge in [-0.3, -0.25) is 4.79 Å². The Morgan fingerprint density at radius 3 is 2.75 bits per heavy atom. The summed E-state index contributed by atoms with van der Waals surface area (Å²) >= 11 is 0. The van der Waals surface area contributed by atoms with Crippen LogP contribution in [0.2, 0.25) is 0 Å². The summed E-state index contributed by atoms with van der Waals surface area (Å²) in [5, 5.41) is 7.78. The van der Waals surface area contributed by atoms with Gasteiger partial charge < -0.3 is 9.84 Å². The van der Waals surface area contributed by atoms with Crippen LogP contribution in [-0.2, 0) is 0 Å². The van der Waals surface area contributed by atoms with Crippen molar-refractivity contribution in [3.8, 4) is 11.3 Å². The number of carbonyl (C=O) groups excluding carboxylic acids is 1. The number of rotatable bonds is 4. The largest absolute Gasteiger partial charge is 0.349 e. The topological polar surface area (TPSA) is 68.0 Å². The minimum absolute atomic E-state index is 0.0923. The Labute approximate surface area is 140 Å². The third kappa shape index (κ3) is 2.66. The lowest BCUT2D eigenvalue weighted by Gasteiger charge is -2.13. The highest BCUT2D eigenvalue weighted by atomic mass is 16.5. The number of carbonyl (C=O) groups is 1. The van der Waals surface area contributed by atoms with Gasteiger partial charge in [-0.1, -0.05) is 35.5 Å². The van der Waals surface area contributed by atoms with Crippen molar-refractivity contribution in [3.05, 3.63) is 47.7 Å². The smallest absolute Gasteiger partial charge is 0.259 e. The van der Waals surface area contributed by atoms with Crippen LogP contribution in [-0.4, -0.2) is 22.1 Å². The van der Waals surface area contributed by atoms with Gasteiger partial charge in [0.15, 0.2) is 0 Å². The van der Waals surface area contributed by atoms with Crippen LogP contribution in [0.15, 0.2) is 40.9 Å². The normalized spacial score (nSPS) is 15.4. The second-order valence-corrected chi connectivity index (χ2v) is 6.47. The number of pyridine rings is 1. The predicted octanol–water partition coefficient (Wildman–Crippen LogP) is 3.73. The van der Waals surface area contributed by atoms with Crippen LogP contribution in [0.3, 0.4) is 0 Å². The van der Waals surface area contributed by atoms with Gasteiger partial charge in [-0.05, 0) is 38.7 Å². The van der Waals surface area contributed by atoms with Crippen LogP contribution in [0.1, 0.15) is 35.8 Å². The van der Waals surface area contributed by atoms with Gasteiger partial charge in [-0.25, -0.2) is 4.98 Å². The summed E-state index contributed by atoms with van der Waals surface area (Å²) < 4.78 is 5.33. The number of aromatic nitrogens is 2. The number of fused-ring (bicyclic) bond motifs is 1. The average molecular weight is 321 g/mol. The van der Waals surface area contributed by atoms with Crippen LogP contribution in [0.4, 0.5) is 0 Å². The second kappa shape index (κ2) is 5.74. The molecule has 1 amide bonds. The fourth-order valence-electron chi connectivity index (χ4n) is 3.03. The summed E-state index contributed by atoms with van der Waals surface area (Å²) in [5.41, 5.74) is 3.31. The van der Waals surface area contributed by atoms with E-state index in [0.29, 0.717) is 34.0 Å². The second-order valence-electron chi connectivity index (χ2n) is 6.47. The Balaban J connectivity index is 1.79. The maximum absolute atomic E-state index is 12.8. The molecule has 5 heteroatoms. The van der Waals surface area contributed by atoms with E-state index in [1.165, 1.54) is 12.8 Å². The lowest BCUT2D eigenvalue weighted by atomic mass is 10.0. The molecule has 1 saturated carbocycles. The molecule has 5 nitrogen and oxygen atoms in total. The fourth-order valence-corrected chi connectivity index (χ4v) is 3.03. The van der Waals surface area contributed by atoms with E-state index in [2.05, 4.69) is 22.4 Å². The molecule has 1 aliphatic carbocycles. The van der Waals surface area contributed by atoms with Crippen LogP contribution in [0.5, 0.6) is 0 Å². The maximum atomic E-state index is 12.8. The molecule has 1 aliphatic rings. The number of nitrogens with one attached hydrogen (secondary N) is 1. The lowest BCUT2D eigenvalue weighted by Crippen LogP contribution is -2.34. The number of benzene rings is 1. The molecular formula is C19H19N3O2. The third-order valence-corrected chi connectivity index (χ3v) is 4.62. The molecule has 1 aromatic carbocycles. The Hall–Kier alpha value is -2.69. The van der Waals surface area contributed by atoms with Crippen molar-refractivity contribution in [3.63, 3.8) is 0 Å². The van der Waals surface area contributed by atoms with Gasteiger partial charge in [0.05, 0.1) is 22.3 Å². The molecule has 0 saturated heterocycles. The molecule has 2 aromatic heterocycles. The maximum Gasteiger partial charge on any atom is 0.259 e. The summed E-state index contributed by atoms with van der Waals surface area (Å²) in [5.74, 6) is 0.508.